The van der Waals surface area contributed by atoms with E-state index in [1.54, 1.807) is 0 Å². The summed E-state index contributed by atoms with van der Waals surface area (Å²) in [5, 5.41) is 3.53. The van der Waals surface area contributed by atoms with Crippen LogP contribution in [0.25, 0.3) is 0 Å². The first-order valence-corrected chi connectivity index (χ1v) is 5.47. The van der Waals surface area contributed by atoms with E-state index in [4.69, 9.17) is 0 Å². The van der Waals surface area contributed by atoms with E-state index < -0.39 is 0 Å². The maximum Gasteiger partial charge on any atom is 0.00618 e. The summed E-state index contributed by atoms with van der Waals surface area (Å²) in [7, 11) is 0. The largest absolute Gasteiger partial charge is 0.314 e. The predicted molar refractivity (Wildman–Crippen MR) is 62.4 cm³/mol. The first-order valence-electron chi connectivity index (χ1n) is 5.47. The van der Waals surface area contributed by atoms with Gasteiger partial charge in [-0.2, -0.15) is 0 Å². The topological polar surface area (TPSA) is 12.0 Å². The fourth-order valence-corrected chi connectivity index (χ4v) is 1.32. The van der Waals surface area contributed by atoms with Crippen LogP contribution < -0.4 is 5.32 Å². The number of nitrogens with one attached hydrogen (secondary N) is 1. The summed E-state index contributed by atoms with van der Waals surface area (Å²) >= 11 is 0. The van der Waals surface area contributed by atoms with E-state index >= 15 is 0 Å². The molecule has 0 radical (unpaired) electrons. The molecule has 0 saturated heterocycles. The Kier molecular flexibility index (Phi) is 4.68. The Morgan fingerprint density at radius 1 is 1.07 bits per heavy atom. The molecule has 0 saturated carbocycles. The normalized spacial score (nSPS) is 13.1. The van der Waals surface area contributed by atoms with Crippen molar-refractivity contribution in [1.29, 1.82) is 0 Å². The molecule has 0 unspecified atom stereocenters. The van der Waals surface area contributed by atoms with E-state index in [2.05, 4.69) is 56.4 Å². The van der Waals surface area contributed by atoms with Crippen LogP contribution in [0, 0.1) is 5.92 Å². The molecule has 0 aliphatic rings. The highest BCUT2D eigenvalue weighted by Crippen LogP contribution is 2.01. The van der Waals surface area contributed by atoms with Crippen LogP contribution in [0.4, 0.5) is 0 Å². The van der Waals surface area contributed by atoms with Gasteiger partial charge < -0.3 is 5.32 Å². The van der Waals surface area contributed by atoms with Gasteiger partial charge in [-0.05, 0) is 31.4 Å². The van der Waals surface area contributed by atoms with Gasteiger partial charge in [-0.15, -0.1) is 0 Å². The summed E-state index contributed by atoms with van der Waals surface area (Å²) in [5.74, 6) is 0.714. The van der Waals surface area contributed by atoms with Crippen LogP contribution in [0.15, 0.2) is 30.3 Å². The molecule has 0 aliphatic carbocycles. The zero-order chi connectivity index (χ0) is 10.4. The number of hydrogen-bond donors (Lipinski definition) is 1. The molecule has 0 aromatic heterocycles. The van der Waals surface area contributed by atoms with E-state index in [9.17, 15) is 0 Å². The van der Waals surface area contributed by atoms with E-state index in [-0.39, 0.29) is 0 Å². The maximum atomic E-state index is 3.53. The molecular formula is C13H21N. The Bertz CT molecular complexity index is 241. The lowest BCUT2D eigenvalue weighted by molar-refractivity contribution is 0.430. The van der Waals surface area contributed by atoms with Gasteiger partial charge in [0.15, 0.2) is 0 Å². The van der Waals surface area contributed by atoms with E-state index in [0.717, 1.165) is 13.0 Å². The van der Waals surface area contributed by atoms with Crippen LogP contribution in [0.2, 0.25) is 0 Å². The minimum absolute atomic E-state index is 0.610. The average Bonchev–Trinajstić information content (AvgIpc) is 2.19. The molecule has 14 heavy (non-hydrogen) atoms. The van der Waals surface area contributed by atoms with Crippen molar-refractivity contribution in [2.45, 2.75) is 33.2 Å². The lowest BCUT2D eigenvalue weighted by atomic mass is 10.1. The zero-order valence-electron chi connectivity index (χ0n) is 9.46. The smallest absolute Gasteiger partial charge is 0.00618 e. The van der Waals surface area contributed by atoms with Gasteiger partial charge in [0.05, 0.1) is 0 Å². The van der Waals surface area contributed by atoms with Crippen molar-refractivity contribution in [1.82, 2.24) is 5.32 Å². The van der Waals surface area contributed by atoms with Gasteiger partial charge in [0, 0.05) is 6.04 Å². The van der Waals surface area contributed by atoms with Crippen molar-refractivity contribution in [3.05, 3.63) is 35.9 Å². The maximum absolute atomic E-state index is 3.53. The van der Waals surface area contributed by atoms with Crippen LogP contribution in [0.1, 0.15) is 26.3 Å². The highest BCUT2D eigenvalue weighted by atomic mass is 14.9. The van der Waals surface area contributed by atoms with Crippen molar-refractivity contribution in [3.8, 4) is 0 Å². The van der Waals surface area contributed by atoms with Crippen molar-refractivity contribution in [3.63, 3.8) is 0 Å². The van der Waals surface area contributed by atoms with Crippen LogP contribution in [-0.2, 0) is 6.42 Å². The molecule has 1 N–H and O–H groups in total. The highest BCUT2D eigenvalue weighted by Gasteiger charge is 2.04. The van der Waals surface area contributed by atoms with Gasteiger partial charge >= 0.3 is 0 Å². The number of benzene rings is 1. The van der Waals surface area contributed by atoms with Crippen molar-refractivity contribution < 1.29 is 0 Å². The minimum Gasteiger partial charge on any atom is -0.314 e. The zero-order valence-corrected chi connectivity index (χ0v) is 9.46. The summed E-state index contributed by atoms with van der Waals surface area (Å²) in [6, 6.07) is 11.2. The Morgan fingerprint density at radius 3 is 2.29 bits per heavy atom. The Morgan fingerprint density at radius 2 is 1.71 bits per heavy atom. The molecule has 1 aromatic carbocycles. The average molecular weight is 191 g/mol. The molecule has 0 amide bonds. The molecule has 1 rings (SSSR count). The third-order valence-electron chi connectivity index (χ3n) is 2.72. The fraction of sp³-hybridized carbons (Fsp3) is 0.538. The standard InChI is InChI=1S/C13H21N/c1-11(2)12(3)14-10-9-13-7-5-4-6-8-13/h4-8,11-12,14H,9-10H2,1-3H3/t12-/m1/s1. The van der Waals surface area contributed by atoms with E-state index in [1.165, 1.54) is 5.56 Å². The molecule has 0 aliphatic heterocycles. The summed E-state index contributed by atoms with van der Waals surface area (Å²) < 4.78 is 0. The second-order valence-electron chi connectivity index (χ2n) is 4.22. The van der Waals surface area contributed by atoms with Crippen LogP contribution in [0.3, 0.4) is 0 Å². The number of hydrogen-bond acceptors (Lipinski definition) is 1. The second kappa shape index (κ2) is 5.82. The van der Waals surface area contributed by atoms with Crippen LogP contribution in [0.5, 0.6) is 0 Å². The molecule has 1 atom stereocenters. The molecule has 0 fully saturated rings. The third kappa shape index (κ3) is 3.93. The fourth-order valence-electron chi connectivity index (χ4n) is 1.32. The summed E-state index contributed by atoms with van der Waals surface area (Å²) in [4.78, 5) is 0. The summed E-state index contributed by atoms with van der Waals surface area (Å²) in [5.41, 5.74) is 1.41. The monoisotopic (exact) mass is 191 g/mol. The predicted octanol–water partition coefficient (Wildman–Crippen LogP) is 2.86. The Hall–Kier alpha value is -0.820. The summed E-state index contributed by atoms with van der Waals surface area (Å²) in [6.45, 7) is 7.82. The lowest BCUT2D eigenvalue weighted by Crippen LogP contribution is -2.32. The Labute approximate surface area is 87.5 Å². The van der Waals surface area contributed by atoms with E-state index in [1.807, 2.05) is 0 Å². The SMILES string of the molecule is CC(C)[C@@H](C)NCCc1ccccc1. The van der Waals surface area contributed by atoms with Crippen LogP contribution >= 0.6 is 0 Å². The molecular weight excluding hydrogens is 170 g/mol. The highest BCUT2D eigenvalue weighted by molar-refractivity contribution is 5.14. The van der Waals surface area contributed by atoms with Gasteiger partial charge in [-0.3, -0.25) is 0 Å². The molecule has 1 nitrogen and oxygen atoms in total. The van der Waals surface area contributed by atoms with Gasteiger partial charge in [0.2, 0.25) is 0 Å². The van der Waals surface area contributed by atoms with Gasteiger partial charge in [0.25, 0.3) is 0 Å². The van der Waals surface area contributed by atoms with Gasteiger partial charge in [0.1, 0.15) is 0 Å². The van der Waals surface area contributed by atoms with Crippen molar-refractivity contribution >= 4 is 0 Å². The van der Waals surface area contributed by atoms with Crippen molar-refractivity contribution in [2.75, 3.05) is 6.54 Å². The van der Waals surface area contributed by atoms with Gasteiger partial charge in [-0.25, -0.2) is 0 Å². The third-order valence-corrected chi connectivity index (χ3v) is 2.72. The Balaban J connectivity index is 2.22. The lowest BCUT2D eigenvalue weighted by Gasteiger charge is -2.17. The molecule has 0 spiro atoms. The second-order valence-corrected chi connectivity index (χ2v) is 4.22. The summed E-state index contributed by atoms with van der Waals surface area (Å²) in [6.07, 6.45) is 1.12. The molecule has 0 heterocycles. The quantitative estimate of drug-likeness (QED) is 0.754. The van der Waals surface area contributed by atoms with Crippen LogP contribution in [-0.4, -0.2) is 12.6 Å². The molecule has 0 bridgehead atoms. The molecule has 78 valence electrons. The van der Waals surface area contributed by atoms with Crippen molar-refractivity contribution in [2.24, 2.45) is 5.92 Å². The number of rotatable bonds is 5. The van der Waals surface area contributed by atoms with E-state index in [0.29, 0.717) is 12.0 Å². The first kappa shape index (κ1) is 11.3. The first-order chi connectivity index (χ1) is 6.70. The molecule has 1 heteroatoms. The minimum atomic E-state index is 0.610. The van der Waals surface area contributed by atoms with Gasteiger partial charge in [-0.1, -0.05) is 44.2 Å². The molecule has 1 aromatic rings.